The third-order valence-electron chi connectivity index (χ3n) is 4.76. The summed E-state index contributed by atoms with van der Waals surface area (Å²) in [6.45, 7) is 0.324. The summed E-state index contributed by atoms with van der Waals surface area (Å²) >= 11 is 0. The van der Waals surface area contributed by atoms with Gasteiger partial charge in [-0.3, -0.25) is 14.4 Å². The summed E-state index contributed by atoms with van der Waals surface area (Å²) in [4.78, 5) is 38.6. The van der Waals surface area contributed by atoms with E-state index in [1.807, 2.05) is 36.4 Å². The highest BCUT2D eigenvalue weighted by Crippen LogP contribution is 2.25. The van der Waals surface area contributed by atoms with Gasteiger partial charge in [0.2, 0.25) is 5.91 Å². The molecule has 7 heteroatoms. The van der Waals surface area contributed by atoms with Crippen LogP contribution in [0.15, 0.2) is 54.6 Å². The molecule has 1 heterocycles. The summed E-state index contributed by atoms with van der Waals surface area (Å²) in [5.74, 6) is -0.924. The number of carbonyl (C=O) groups is 3. The summed E-state index contributed by atoms with van der Waals surface area (Å²) in [7, 11) is 0. The lowest BCUT2D eigenvalue weighted by Gasteiger charge is -2.21. The second-order valence-electron chi connectivity index (χ2n) is 6.88. The summed E-state index contributed by atoms with van der Waals surface area (Å²) in [5, 5.41) is 9.13. The first-order valence-corrected chi connectivity index (χ1v) is 9.59. The monoisotopic (exact) mass is 396 g/mol. The van der Waals surface area contributed by atoms with Crippen molar-refractivity contribution in [1.82, 2.24) is 4.90 Å². The van der Waals surface area contributed by atoms with Gasteiger partial charge in [0.25, 0.3) is 5.91 Å². The lowest BCUT2D eigenvalue weighted by atomic mass is 10.1. The average molecular weight is 396 g/mol. The molecule has 0 bridgehead atoms. The highest BCUT2D eigenvalue weighted by Gasteiger charge is 2.22. The molecule has 3 rings (SSSR count). The Kier molecular flexibility index (Phi) is 6.84. The predicted molar refractivity (Wildman–Crippen MR) is 108 cm³/mol. The minimum atomic E-state index is -1.07. The second-order valence-corrected chi connectivity index (χ2v) is 6.88. The molecule has 1 N–H and O–H groups in total. The molecule has 1 aliphatic heterocycles. The van der Waals surface area contributed by atoms with Gasteiger partial charge in [-0.15, -0.1) is 0 Å². The van der Waals surface area contributed by atoms with Crippen LogP contribution in [0.5, 0.6) is 5.75 Å². The van der Waals surface area contributed by atoms with Crippen molar-refractivity contribution >= 4 is 23.5 Å². The first-order chi connectivity index (χ1) is 14.0. The number of ether oxygens (including phenoxy) is 1. The Morgan fingerprint density at radius 3 is 2.59 bits per heavy atom. The zero-order chi connectivity index (χ0) is 20.6. The van der Waals surface area contributed by atoms with Crippen molar-refractivity contribution < 1.29 is 24.2 Å². The number of rotatable bonds is 9. The summed E-state index contributed by atoms with van der Waals surface area (Å²) in [5.41, 5.74) is 1.77. The zero-order valence-corrected chi connectivity index (χ0v) is 16.1. The normalized spacial score (nSPS) is 13.4. The number of carbonyl (C=O) groups excluding carboxylic acids is 2. The van der Waals surface area contributed by atoms with Crippen LogP contribution in [-0.2, 0) is 20.8 Å². The Balaban J connectivity index is 1.59. The summed E-state index contributed by atoms with van der Waals surface area (Å²) in [6.07, 6.45) is 1.93. The van der Waals surface area contributed by atoms with Crippen molar-refractivity contribution in [3.63, 3.8) is 0 Å². The number of anilines is 1. The minimum Gasteiger partial charge on any atom is -0.484 e. The van der Waals surface area contributed by atoms with Crippen LogP contribution in [0, 0.1) is 0 Å². The molecule has 2 aromatic carbocycles. The Morgan fingerprint density at radius 2 is 1.90 bits per heavy atom. The number of carboxylic acids is 1. The van der Waals surface area contributed by atoms with Gasteiger partial charge >= 0.3 is 5.97 Å². The Labute approximate surface area is 169 Å². The predicted octanol–water partition coefficient (Wildman–Crippen LogP) is 2.35. The van der Waals surface area contributed by atoms with Gasteiger partial charge in [0.15, 0.2) is 6.61 Å². The van der Waals surface area contributed by atoms with E-state index in [1.54, 1.807) is 23.1 Å². The molecular weight excluding hydrogens is 372 g/mol. The molecule has 7 nitrogen and oxygen atoms in total. The van der Waals surface area contributed by atoms with E-state index >= 15 is 0 Å². The van der Waals surface area contributed by atoms with Crippen LogP contribution < -0.4 is 9.64 Å². The molecule has 0 spiro atoms. The lowest BCUT2D eigenvalue weighted by Crippen LogP contribution is -2.40. The fourth-order valence-corrected chi connectivity index (χ4v) is 3.26. The molecule has 0 radical (unpaired) electrons. The largest absolute Gasteiger partial charge is 0.484 e. The van der Waals surface area contributed by atoms with Crippen molar-refractivity contribution in [3.05, 3.63) is 60.2 Å². The van der Waals surface area contributed by atoms with E-state index in [9.17, 15) is 14.4 Å². The van der Waals surface area contributed by atoms with Crippen LogP contribution in [0.4, 0.5) is 5.69 Å². The van der Waals surface area contributed by atoms with Crippen LogP contribution >= 0.6 is 0 Å². The van der Waals surface area contributed by atoms with Crippen molar-refractivity contribution in [1.29, 1.82) is 0 Å². The van der Waals surface area contributed by atoms with Gasteiger partial charge in [0.1, 0.15) is 12.3 Å². The number of amides is 2. The number of benzene rings is 2. The van der Waals surface area contributed by atoms with Gasteiger partial charge in [-0.1, -0.05) is 36.4 Å². The third-order valence-corrected chi connectivity index (χ3v) is 4.76. The van der Waals surface area contributed by atoms with Crippen LogP contribution in [0.25, 0.3) is 0 Å². The van der Waals surface area contributed by atoms with Crippen LogP contribution in [-0.4, -0.2) is 54.0 Å². The molecular formula is C22H24N2O5. The first kappa shape index (κ1) is 20.4. The molecule has 0 aliphatic carbocycles. The molecule has 2 aromatic rings. The highest BCUT2D eigenvalue weighted by atomic mass is 16.5. The second kappa shape index (κ2) is 9.73. The maximum atomic E-state index is 12.5. The lowest BCUT2D eigenvalue weighted by molar-refractivity contribution is -0.145. The van der Waals surface area contributed by atoms with Crippen molar-refractivity contribution in [2.24, 2.45) is 0 Å². The van der Waals surface area contributed by atoms with E-state index in [0.717, 1.165) is 17.7 Å². The fraction of sp³-hybridized carbons (Fsp3) is 0.318. The highest BCUT2D eigenvalue weighted by molar-refractivity contribution is 5.95. The maximum Gasteiger partial charge on any atom is 0.323 e. The topological polar surface area (TPSA) is 87.2 Å². The molecule has 29 heavy (non-hydrogen) atoms. The SMILES string of the molecule is O=C(O)CN(CCc1ccccc1)C(=O)COc1cccc(N2CCCC2=O)c1. The van der Waals surface area contributed by atoms with E-state index in [1.165, 1.54) is 4.90 Å². The molecule has 0 atom stereocenters. The fourth-order valence-electron chi connectivity index (χ4n) is 3.26. The number of hydrogen-bond acceptors (Lipinski definition) is 4. The average Bonchev–Trinajstić information content (AvgIpc) is 3.16. The first-order valence-electron chi connectivity index (χ1n) is 9.59. The van der Waals surface area contributed by atoms with Gasteiger partial charge in [-0.25, -0.2) is 0 Å². The van der Waals surface area contributed by atoms with Gasteiger partial charge in [-0.2, -0.15) is 0 Å². The molecule has 1 fully saturated rings. The van der Waals surface area contributed by atoms with E-state index < -0.39 is 11.9 Å². The molecule has 0 unspecified atom stereocenters. The standard InChI is InChI=1S/C22H24N2O5/c25-20-10-5-12-24(20)18-8-4-9-19(14-18)29-16-21(26)23(15-22(27)28)13-11-17-6-2-1-3-7-17/h1-4,6-9,14H,5,10-13,15-16H2,(H,27,28). The summed E-state index contributed by atoms with van der Waals surface area (Å²) in [6, 6.07) is 16.6. The number of nitrogens with zero attached hydrogens (tertiary/aromatic N) is 2. The van der Waals surface area contributed by atoms with Crippen molar-refractivity contribution in [3.8, 4) is 5.75 Å². The Morgan fingerprint density at radius 1 is 1.10 bits per heavy atom. The zero-order valence-electron chi connectivity index (χ0n) is 16.1. The van der Waals surface area contributed by atoms with Crippen molar-refractivity contribution in [2.75, 3.05) is 31.1 Å². The van der Waals surface area contributed by atoms with E-state index in [0.29, 0.717) is 31.7 Å². The van der Waals surface area contributed by atoms with Gasteiger partial charge in [-0.05, 0) is 30.5 Å². The Hall–Kier alpha value is -3.35. The Bertz CT molecular complexity index is 869. The minimum absolute atomic E-state index is 0.0757. The third kappa shape index (κ3) is 5.81. The molecule has 1 aliphatic rings. The van der Waals surface area contributed by atoms with Crippen LogP contribution in [0.1, 0.15) is 18.4 Å². The number of hydrogen-bond donors (Lipinski definition) is 1. The molecule has 2 amide bonds. The molecule has 152 valence electrons. The quantitative estimate of drug-likeness (QED) is 0.703. The van der Waals surface area contributed by atoms with Crippen LogP contribution in [0.2, 0.25) is 0 Å². The van der Waals surface area contributed by atoms with E-state index in [2.05, 4.69) is 0 Å². The molecule has 0 saturated carbocycles. The number of aliphatic carboxylic acids is 1. The van der Waals surface area contributed by atoms with Gasteiger partial charge < -0.3 is 19.6 Å². The van der Waals surface area contributed by atoms with Gasteiger partial charge in [0.05, 0.1) is 0 Å². The van der Waals surface area contributed by atoms with Crippen molar-refractivity contribution in [2.45, 2.75) is 19.3 Å². The maximum absolute atomic E-state index is 12.5. The smallest absolute Gasteiger partial charge is 0.323 e. The molecule has 0 aromatic heterocycles. The van der Waals surface area contributed by atoms with Gasteiger partial charge in [0, 0.05) is 31.3 Å². The summed E-state index contributed by atoms with van der Waals surface area (Å²) < 4.78 is 5.60. The van der Waals surface area contributed by atoms with E-state index in [4.69, 9.17) is 9.84 Å². The van der Waals surface area contributed by atoms with E-state index in [-0.39, 0.29) is 19.1 Å². The molecule has 1 saturated heterocycles. The number of carboxylic acid groups (broad SMARTS) is 1. The van der Waals surface area contributed by atoms with Crippen LogP contribution in [0.3, 0.4) is 0 Å².